The summed E-state index contributed by atoms with van der Waals surface area (Å²) in [5.41, 5.74) is 6.46. The number of hydrogen-bond acceptors (Lipinski definition) is 3. The van der Waals surface area contributed by atoms with Crippen LogP contribution in [0.25, 0.3) is 10.8 Å². The Hall–Kier alpha value is -1.94. The molecule has 0 fully saturated rings. The second-order valence-corrected chi connectivity index (χ2v) is 3.91. The molecule has 17 heavy (non-hydrogen) atoms. The Kier molecular flexibility index (Phi) is 3.35. The van der Waals surface area contributed by atoms with Crippen molar-refractivity contribution >= 4 is 22.4 Å². The summed E-state index contributed by atoms with van der Waals surface area (Å²) >= 11 is 0. The highest BCUT2D eigenvalue weighted by molar-refractivity contribution is 6.03. The summed E-state index contributed by atoms with van der Waals surface area (Å²) in [6.45, 7) is 1.89. The van der Waals surface area contributed by atoms with E-state index in [1.54, 1.807) is 12.4 Å². The molecular formula is C13H15N3O. The molecular weight excluding hydrogens is 214 g/mol. The summed E-state index contributed by atoms with van der Waals surface area (Å²) in [4.78, 5) is 15.8. The monoisotopic (exact) mass is 229 g/mol. The van der Waals surface area contributed by atoms with Crippen molar-refractivity contribution in [3.05, 3.63) is 36.7 Å². The van der Waals surface area contributed by atoms with Gasteiger partial charge in [-0.1, -0.05) is 19.1 Å². The van der Waals surface area contributed by atoms with Crippen LogP contribution >= 0.6 is 0 Å². The molecule has 2 rings (SSSR count). The zero-order valence-corrected chi connectivity index (χ0v) is 9.68. The van der Waals surface area contributed by atoms with Gasteiger partial charge in [-0.3, -0.25) is 9.78 Å². The van der Waals surface area contributed by atoms with Crippen LogP contribution < -0.4 is 11.1 Å². The van der Waals surface area contributed by atoms with Gasteiger partial charge in [-0.05, 0) is 18.6 Å². The molecule has 0 saturated heterocycles. The number of anilines is 1. The molecule has 0 aliphatic carbocycles. The lowest BCUT2D eigenvalue weighted by Crippen LogP contribution is -2.34. The maximum atomic E-state index is 11.7. The number of nitrogens with zero attached hydrogens (tertiary/aromatic N) is 1. The third-order valence-corrected chi connectivity index (χ3v) is 2.72. The van der Waals surface area contributed by atoms with Crippen molar-refractivity contribution in [1.82, 2.24) is 4.98 Å². The molecule has 1 aromatic heterocycles. The molecule has 2 aromatic rings. The number of nitrogens with two attached hydrogens (primary N) is 1. The fourth-order valence-electron chi connectivity index (χ4n) is 1.64. The van der Waals surface area contributed by atoms with Crippen molar-refractivity contribution < 1.29 is 4.79 Å². The van der Waals surface area contributed by atoms with Crippen molar-refractivity contribution in [3.8, 4) is 0 Å². The molecule has 0 spiro atoms. The van der Waals surface area contributed by atoms with E-state index in [0.29, 0.717) is 6.42 Å². The van der Waals surface area contributed by atoms with Crippen molar-refractivity contribution in [2.45, 2.75) is 19.4 Å². The first-order chi connectivity index (χ1) is 8.22. The number of amides is 1. The Morgan fingerprint density at radius 3 is 3.06 bits per heavy atom. The summed E-state index contributed by atoms with van der Waals surface area (Å²) in [6.07, 6.45) is 4.10. The van der Waals surface area contributed by atoms with Gasteiger partial charge in [0.15, 0.2) is 0 Å². The van der Waals surface area contributed by atoms with Gasteiger partial charge < -0.3 is 11.1 Å². The normalized spacial score (nSPS) is 12.4. The second kappa shape index (κ2) is 4.93. The molecule has 0 radical (unpaired) electrons. The quantitative estimate of drug-likeness (QED) is 0.844. The molecule has 3 N–H and O–H groups in total. The first-order valence-corrected chi connectivity index (χ1v) is 5.61. The molecule has 4 heteroatoms. The Morgan fingerprint density at radius 2 is 2.29 bits per heavy atom. The van der Waals surface area contributed by atoms with Gasteiger partial charge in [0, 0.05) is 28.9 Å². The van der Waals surface area contributed by atoms with E-state index in [9.17, 15) is 4.79 Å². The molecule has 1 unspecified atom stereocenters. The Balaban J connectivity index is 2.33. The highest BCUT2D eigenvalue weighted by Gasteiger charge is 2.12. The third kappa shape index (κ3) is 2.42. The van der Waals surface area contributed by atoms with E-state index in [0.717, 1.165) is 16.5 Å². The number of aromatic nitrogens is 1. The second-order valence-electron chi connectivity index (χ2n) is 3.91. The van der Waals surface area contributed by atoms with E-state index in [1.807, 2.05) is 31.2 Å². The molecule has 1 aromatic carbocycles. The number of carbonyl (C=O) groups is 1. The van der Waals surface area contributed by atoms with Crippen LogP contribution in [0.5, 0.6) is 0 Å². The fraction of sp³-hybridized carbons (Fsp3) is 0.231. The molecule has 88 valence electrons. The highest BCUT2D eigenvalue weighted by atomic mass is 16.2. The summed E-state index contributed by atoms with van der Waals surface area (Å²) in [7, 11) is 0. The van der Waals surface area contributed by atoms with Crippen molar-refractivity contribution in [2.75, 3.05) is 5.32 Å². The first kappa shape index (κ1) is 11.5. The van der Waals surface area contributed by atoms with Gasteiger partial charge in [-0.25, -0.2) is 0 Å². The van der Waals surface area contributed by atoms with E-state index >= 15 is 0 Å². The number of rotatable bonds is 3. The predicted octanol–water partition coefficient (Wildman–Crippen LogP) is 1.91. The molecule has 0 saturated carbocycles. The van der Waals surface area contributed by atoms with Crippen molar-refractivity contribution in [1.29, 1.82) is 0 Å². The van der Waals surface area contributed by atoms with Gasteiger partial charge in [0.05, 0.1) is 6.04 Å². The number of nitrogens with one attached hydrogen (secondary N) is 1. The van der Waals surface area contributed by atoms with Gasteiger partial charge in [0.25, 0.3) is 0 Å². The smallest absolute Gasteiger partial charge is 0.241 e. The fourth-order valence-corrected chi connectivity index (χ4v) is 1.64. The molecule has 0 bridgehead atoms. The van der Waals surface area contributed by atoms with Crippen LogP contribution in [0.15, 0.2) is 36.7 Å². The van der Waals surface area contributed by atoms with E-state index in [4.69, 9.17) is 5.73 Å². The molecule has 0 aliphatic rings. The van der Waals surface area contributed by atoms with Gasteiger partial charge in [0.2, 0.25) is 5.91 Å². The van der Waals surface area contributed by atoms with Crippen LogP contribution in [0, 0.1) is 0 Å². The van der Waals surface area contributed by atoms with Crippen molar-refractivity contribution in [3.63, 3.8) is 0 Å². The number of fused-ring (bicyclic) bond motifs is 1. The van der Waals surface area contributed by atoms with Gasteiger partial charge >= 0.3 is 0 Å². The predicted molar refractivity (Wildman–Crippen MR) is 68.6 cm³/mol. The van der Waals surface area contributed by atoms with Crippen molar-refractivity contribution in [2.24, 2.45) is 5.73 Å². The third-order valence-electron chi connectivity index (χ3n) is 2.72. The minimum absolute atomic E-state index is 0.156. The highest BCUT2D eigenvalue weighted by Crippen LogP contribution is 2.22. The lowest BCUT2D eigenvalue weighted by atomic mass is 10.1. The number of carbonyl (C=O) groups excluding carboxylic acids is 1. The maximum Gasteiger partial charge on any atom is 0.241 e. The minimum atomic E-state index is -0.466. The Morgan fingerprint density at radius 1 is 1.47 bits per heavy atom. The summed E-state index contributed by atoms with van der Waals surface area (Å²) in [5, 5.41) is 4.81. The van der Waals surface area contributed by atoms with E-state index < -0.39 is 6.04 Å². The molecule has 1 amide bonds. The molecule has 1 heterocycles. The molecule has 1 atom stereocenters. The van der Waals surface area contributed by atoms with Crippen LogP contribution in [-0.4, -0.2) is 16.9 Å². The van der Waals surface area contributed by atoms with Crippen LogP contribution in [0.4, 0.5) is 5.69 Å². The standard InChI is InChI=1S/C13H15N3O/c1-2-11(14)13(17)16-12-5-3-4-9-8-15-7-6-10(9)12/h3-8,11H,2,14H2,1H3,(H,16,17). The van der Waals surface area contributed by atoms with E-state index in [1.165, 1.54) is 0 Å². The lowest BCUT2D eigenvalue weighted by Gasteiger charge is -2.11. The van der Waals surface area contributed by atoms with Crippen LogP contribution in [0.3, 0.4) is 0 Å². The molecule has 0 aliphatic heterocycles. The average Bonchev–Trinajstić information content (AvgIpc) is 2.38. The maximum absolute atomic E-state index is 11.7. The Bertz CT molecular complexity index is 534. The summed E-state index contributed by atoms with van der Waals surface area (Å²) in [6, 6.07) is 7.12. The van der Waals surface area contributed by atoms with Crippen LogP contribution in [-0.2, 0) is 4.79 Å². The topological polar surface area (TPSA) is 68.0 Å². The van der Waals surface area contributed by atoms with E-state index in [-0.39, 0.29) is 5.91 Å². The van der Waals surface area contributed by atoms with Crippen LogP contribution in [0.1, 0.15) is 13.3 Å². The number of pyridine rings is 1. The van der Waals surface area contributed by atoms with E-state index in [2.05, 4.69) is 10.3 Å². The first-order valence-electron chi connectivity index (χ1n) is 5.61. The minimum Gasteiger partial charge on any atom is -0.324 e. The summed E-state index contributed by atoms with van der Waals surface area (Å²) in [5.74, 6) is -0.156. The van der Waals surface area contributed by atoms with Gasteiger partial charge in [-0.2, -0.15) is 0 Å². The van der Waals surface area contributed by atoms with Crippen LogP contribution in [0.2, 0.25) is 0 Å². The lowest BCUT2D eigenvalue weighted by molar-refractivity contribution is -0.117. The summed E-state index contributed by atoms with van der Waals surface area (Å²) < 4.78 is 0. The number of benzene rings is 1. The molecule has 4 nitrogen and oxygen atoms in total. The zero-order valence-electron chi connectivity index (χ0n) is 9.68. The largest absolute Gasteiger partial charge is 0.324 e. The van der Waals surface area contributed by atoms with Gasteiger partial charge in [0.1, 0.15) is 0 Å². The average molecular weight is 229 g/mol. The number of hydrogen-bond donors (Lipinski definition) is 2. The Labute approximate surface area is 99.8 Å². The zero-order chi connectivity index (χ0) is 12.3. The van der Waals surface area contributed by atoms with Gasteiger partial charge in [-0.15, -0.1) is 0 Å². The SMILES string of the molecule is CCC(N)C(=O)Nc1cccc2cnccc12.